The van der Waals surface area contributed by atoms with Crippen molar-refractivity contribution in [1.29, 1.82) is 0 Å². The third-order valence-corrected chi connectivity index (χ3v) is 4.01. The Labute approximate surface area is 140 Å². The molecule has 0 aliphatic carbocycles. The Balaban J connectivity index is 1.98. The Hall–Kier alpha value is -2.11. The SMILES string of the molecule is Nc1c(C(=O)c2ccc(Br)cc2)cnn1-c1ccc(Cl)cc1. The first kappa shape index (κ1) is 14.8. The van der Waals surface area contributed by atoms with Crippen LogP contribution in [0.1, 0.15) is 15.9 Å². The highest BCUT2D eigenvalue weighted by Crippen LogP contribution is 2.22. The van der Waals surface area contributed by atoms with E-state index >= 15 is 0 Å². The van der Waals surface area contributed by atoms with Gasteiger partial charge in [0, 0.05) is 15.1 Å². The van der Waals surface area contributed by atoms with E-state index in [0.717, 1.165) is 10.2 Å². The summed E-state index contributed by atoms with van der Waals surface area (Å²) in [6.45, 7) is 0. The first-order valence-corrected chi connectivity index (χ1v) is 7.63. The number of ketones is 1. The molecule has 0 bridgehead atoms. The van der Waals surface area contributed by atoms with Crippen LogP contribution in [0.5, 0.6) is 0 Å². The van der Waals surface area contributed by atoms with E-state index in [0.29, 0.717) is 22.0 Å². The third-order valence-electron chi connectivity index (χ3n) is 3.23. The van der Waals surface area contributed by atoms with Crippen molar-refractivity contribution >= 4 is 39.1 Å². The predicted molar refractivity (Wildman–Crippen MR) is 90.6 cm³/mol. The van der Waals surface area contributed by atoms with Gasteiger partial charge in [-0.15, -0.1) is 0 Å². The van der Waals surface area contributed by atoms with Gasteiger partial charge in [0.1, 0.15) is 5.82 Å². The van der Waals surface area contributed by atoms with Crippen LogP contribution in [0.3, 0.4) is 0 Å². The summed E-state index contributed by atoms with van der Waals surface area (Å²) >= 11 is 9.21. The molecule has 0 aliphatic rings. The standard InChI is InChI=1S/C16H11BrClN3O/c17-11-3-1-10(2-4-11)15(22)14-9-20-21(16(14)19)13-7-5-12(18)6-8-13/h1-9H,19H2. The molecule has 1 heterocycles. The van der Waals surface area contributed by atoms with Crippen molar-refractivity contribution in [2.75, 3.05) is 5.73 Å². The van der Waals surface area contributed by atoms with Crippen LogP contribution < -0.4 is 5.73 Å². The lowest BCUT2D eigenvalue weighted by Gasteiger charge is -2.05. The van der Waals surface area contributed by atoms with E-state index in [2.05, 4.69) is 21.0 Å². The highest BCUT2D eigenvalue weighted by Gasteiger charge is 2.17. The molecule has 110 valence electrons. The van der Waals surface area contributed by atoms with Crippen molar-refractivity contribution in [2.24, 2.45) is 0 Å². The molecule has 0 amide bonds. The number of carbonyl (C=O) groups excluding carboxylic acids is 1. The second-order valence-electron chi connectivity index (χ2n) is 4.67. The first-order chi connectivity index (χ1) is 10.6. The number of halogens is 2. The van der Waals surface area contributed by atoms with Gasteiger partial charge >= 0.3 is 0 Å². The summed E-state index contributed by atoms with van der Waals surface area (Å²) in [5, 5.41) is 4.82. The van der Waals surface area contributed by atoms with Crippen molar-refractivity contribution in [3.63, 3.8) is 0 Å². The molecule has 0 radical (unpaired) electrons. The molecule has 0 spiro atoms. The van der Waals surface area contributed by atoms with Gasteiger partial charge in [0.05, 0.1) is 17.4 Å². The second-order valence-corrected chi connectivity index (χ2v) is 6.02. The Morgan fingerprint density at radius 3 is 2.36 bits per heavy atom. The molecule has 0 aliphatic heterocycles. The van der Waals surface area contributed by atoms with Crippen LogP contribution in [-0.4, -0.2) is 15.6 Å². The molecule has 1 aromatic heterocycles. The summed E-state index contributed by atoms with van der Waals surface area (Å²) in [5.41, 5.74) is 7.76. The van der Waals surface area contributed by atoms with Gasteiger partial charge in [-0.2, -0.15) is 5.10 Å². The lowest BCUT2D eigenvalue weighted by Crippen LogP contribution is -2.07. The van der Waals surface area contributed by atoms with Crippen molar-refractivity contribution in [3.05, 3.63) is 75.4 Å². The number of nitrogens with zero attached hydrogens (tertiary/aromatic N) is 2. The summed E-state index contributed by atoms with van der Waals surface area (Å²) < 4.78 is 2.43. The molecular formula is C16H11BrClN3O. The van der Waals surface area contributed by atoms with Gasteiger partial charge in [-0.25, -0.2) is 4.68 Å². The topological polar surface area (TPSA) is 60.9 Å². The van der Waals surface area contributed by atoms with Gasteiger partial charge in [0.2, 0.25) is 0 Å². The molecule has 0 atom stereocenters. The highest BCUT2D eigenvalue weighted by molar-refractivity contribution is 9.10. The van der Waals surface area contributed by atoms with E-state index < -0.39 is 0 Å². The smallest absolute Gasteiger partial charge is 0.198 e. The van der Waals surface area contributed by atoms with E-state index in [1.807, 2.05) is 12.1 Å². The third kappa shape index (κ3) is 2.77. The summed E-state index contributed by atoms with van der Waals surface area (Å²) in [6, 6.07) is 14.2. The van der Waals surface area contributed by atoms with Gasteiger partial charge < -0.3 is 5.73 Å². The Morgan fingerprint density at radius 1 is 1.09 bits per heavy atom. The van der Waals surface area contributed by atoms with Gasteiger partial charge in [-0.3, -0.25) is 4.79 Å². The minimum absolute atomic E-state index is 0.162. The average Bonchev–Trinajstić information content (AvgIpc) is 2.90. The van der Waals surface area contributed by atoms with Gasteiger partial charge in [-0.1, -0.05) is 27.5 Å². The van der Waals surface area contributed by atoms with E-state index in [4.69, 9.17) is 17.3 Å². The van der Waals surface area contributed by atoms with Crippen LogP contribution in [0.4, 0.5) is 5.82 Å². The van der Waals surface area contributed by atoms with Crippen LogP contribution in [0.25, 0.3) is 5.69 Å². The minimum Gasteiger partial charge on any atom is -0.383 e. The van der Waals surface area contributed by atoms with Crippen molar-refractivity contribution in [1.82, 2.24) is 9.78 Å². The fourth-order valence-corrected chi connectivity index (χ4v) is 2.47. The Morgan fingerprint density at radius 2 is 1.73 bits per heavy atom. The van der Waals surface area contributed by atoms with Crippen LogP contribution in [0.15, 0.2) is 59.2 Å². The normalized spacial score (nSPS) is 10.6. The highest BCUT2D eigenvalue weighted by atomic mass is 79.9. The Bertz CT molecular complexity index is 826. The molecule has 0 saturated heterocycles. The molecule has 2 N–H and O–H groups in total. The number of rotatable bonds is 3. The quantitative estimate of drug-likeness (QED) is 0.700. The van der Waals surface area contributed by atoms with Gasteiger partial charge in [0.25, 0.3) is 0 Å². The maximum atomic E-state index is 12.5. The number of hydrogen-bond donors (Lipinski definition) is 1. The van der Waals surface area contributed by atoms with Crippen LogP contribution in [0, 0.1) is 0 Å². The zero-order chi connectivity index (χ0) is 15.7. The number of aromatic nitrogens is 2. The minimum atomic E-state index is -0.162. The zero-order valence-electron chi connectivity index (χ0n) is 11.3. The van der Waals surface area contributed by atoms with Crippen molar-refractivity contribution in [2.45, 2.75) is 0 Å². The molecule has 4 nitrogen and oxygen atoms in total. The molecule has 2 aromatic carbocycles. The van der Waals surface area contributed by atoms with Crippen LogP contribution in [-0.2, 0) is 0 Å². The number of nitrogens with two attached hydrogens (primary N) is 1. The molecule has 6 heteroatoms. The van der Waals surface area contributed by atoms with Crippen molar-refractivity contribution < 1.29 is 4.79 Å². The molecule has 0 unspecified atom stereocenters. The van der Waals surface area contributed by atoms with E-state index in [-0.39, 0.29) is 5.78 Å². The van der Waals surface area contributed by atoms with Gasteiger partial charge in [0.15, 0.2) is 5.78 Å². The van der Waals surface area contributed by atoms with Crippen LogP contribution in [0.2, 0.25) is 5.02 Å². The maximum absolute atomic E-state index is 12.5. The molecule has 22 heavy (non-hydrogen) atoms. The first-order valence-electron chi connectivity index (χ1n) is 6.46. The molecule has 3 rings (SSSR count). The second kappa shape index (κ2) is 5.94. The summed E-state index contributed by atoms with van der Waals surface area (Å²) in [7, 11) is 0. The molecular weight excluding hydrogens is 366 g/mol. The number of hydrogen-bond acceptors (Lipinski definition) is 3. The fraction of sp³-hybridized carbons (Fsp3) is 0. The summed E-state index contributed by atoms with van der Waals surface area (Å²) in [5.74, 6) is 0.139. The van der Waals surface area contributed by atoms with Crippen LogP contribution >= 0.6 is 27.5 Å². The summed E-state index contributed by atoms with van der Waals surface area (Å²) in [6.07, 6.45) is 1.48. The van der Waals surface area contributed by atoms with E-state index in [1.54, 1.807) is 36.4 Å². The monoisotopic (exact) mass is 375 g/mol. The molecule has 0 saturated carbocycles. The number of anilines is 1. The van der Waals surface area contributed by atoms with Gasteiger partial charge in [-0.05, 0) is 48.5 Å². The maximum Gasteiger partial charge on any atom is 0.198 e. The number of benzene rings is 2. The number of carbonyl (C=O) groups is 1. The molecule has 3 aromatic rings. The predicted octanol–water partition coefficient (Wildman–Crippen LogP) is 4.10. The Kier molecular flexibility index (Phi) is 4.00. The molecule has 0 fully saturated rings. The zero-order valence-corrected chi connectivity index (χ0v) is 13.7. The lowest BCUT2D eigenvalue weighted by atomic mass is 10.1. The van der Waals surface area contributed by atoms with Crippen molar-refractivity contribution in [3.8, 4) is 5.69 Å². The summed E-state index contributed by atoms with van der Waals surface area (Å²) in [4.78, 5) is 12.5. The number of nitrogen functional groups attached to an aromatic ring is 1. The average molecular weight is 377 g/mol. The lowest BCUT2D eigenvalue weighted by molar-refractivity contribution is 0.103. The fourth-order valence-electron chi connectivity index (χ4n) is 2.08. The largest absolute Gasteiger partial charge is 0.383 e. The van der Waals surface area contributed by atoms with E-state index in [9.17, 15) is 4.79 Å². The van der Waals surface area contributed by atoms with E-state index in [1.165, 1.54) is 10.9 Å².